The number of carbonyl (C=O) groups is 1. The molecule has 3 N–H and O–H groups in total. The number of amides is 1. The van der Waals surface area contributed by atoms with Gasteiger partial charge in [-0.25, -0.2) is 0 Å². The number of nitrogens with one attached hydrogen (secondary N) is 3. The molecule has 1 aliphatic heterocycles. The molecule has 1 atom stereocenters. The molecule has 120 valence electrons. The maximum atomic E-state index is 12.0. The van der Waals surface area contributed by atoms with Gasteiger partial charge in [-0.15, -0.1) is 12.4 Å². The van der Waals surface area contributed by atoms with E-state index in [1.807, 2.05) is 10.9 Å². The molecule has 1 amide bonds. The van der Waals surface area contributed by atoms with Crippen LogP contribution in [0, 0.1) is 0 Å². The third-order valence-corrected chi connectivity index (χ3v) is 4.21. The number of piperidine rings is 1. The van der Waals surface area contributed by atoms with E-state index in [0.717, 1.165) is 37.3 Å². The third-order valence-electron chi connectivity index (χ3n) is 3.50. The highest BCUT2D eigenvalue weighted by Gasteiger charge is 2.17. The third kappa shape index (κ3) is 3.96. The zero-order valence-corrected chi connectivity index (χ0v) is 13.5. The van der Waals surface area contributed by atoms with E-state index in [9.17, 15) is 9.59 Å². The summed E-state index contributed by atoms with van der Waals surface area (Å²) in [6.45, 7) is 2.23. The van der Waals surface area contributed by atoms with Crippen molar-refractivity contribution in [3.05, 3.63) is 38.7 Å². The Balaban J connectivity index is 0.00000176. The fourth-order valence-corrected chi connectivity index (χ4v) is 2.97. The van der Waals surface area contributed by atoms with E-state index in [1.165, 1.54) is 0 Å². The maximum Gasteiger partial charge on any atom is 0.304 e. The standard InChI is InChI=1S/C13H17N5O2S.ClH/c19-12(15-6-9-8-21-13(20)16-9)11-3-5-18(17-11)10-2-1-4-14-7-10;/h3,5,8,10,14H,1-2,4,6-7H2,(H,15,19)(H,16,20);1H. The molecule has 22 heavy (non-hydrogen) atoms. The summed E-state index contributed by atoms with van der Waals surface area (Å²) in [7, 11) is 0. The average Bonchev–Trinajstić information content (AvgIpc) is 3.15. The number of thiazole rings is 1. The summed E-state index contributed by atoms with van der Waals surface area (Å²) >= 11 is 1.09. The molecule has 3 heterocycles. The fourth-order valence-electron chi connectivity index (χ4n) is 2.39. The minimum Gasteiger partial charge on any atom is -0.345 e. The predicted octanol–water partition coefficient (Wildman–Crippen LogP) is 0.909. The number of aromatic nitrogens is 3. The van der Waals surface area contributed by atoms with E-state index in [4.69, 9.17) is 0 Å². The van der Waals surface area contributed by atoms with Crippen LogP contribution in [0.5, 0.6) is 0 Å². The minimum absolute atomic E-state index is 0. The van der Waals surface area contributed by atoms with Gasteiger partial charge >= 0.3 is 4.87 Å². The van der Waals surface area contributed by atoms with E-state index in [0.29, 0.717) is 24.0 Å². The molecule has 0 spiro atoms. The topological polar surface area (TPSA) is 91.8 Å². The molecule has 2 aromatic rings. The monoisotopic (exact) mass is 343 g/mol. The predicted molar refractivity (Wildman–Crippen MR) is 86.7 cm³/mol. The lowest BCUT2D eigenvalue weighted by Gasteiger charge is -2.22. The Morgan fingerprint density at radius 3 is 3.09 bits per heavy atom. The number of H-pyrrole nitrogens is 1. The summed E-state index contributed by atoms with van der Waals surface area (Å²) in [6, 6.07) is 2.04. The molecule has 1 unspecified atom stereocenters. The van der Waals surface area contributed by atoms with Gasteiger partial charge in [0.15, 0.2) is 0 Å². The van der Waals surface area contributed by atoms with E-state index >= 15 is 0 Å². The van der Waals surface area contributed by atoms with Gasteiger partial charge in [-0.05, 0) is 25.5 Å². The average molecular weight is 344 g/mol. The molecule has 2 aromatic heterocycles. The van der Waals surface area contributed by atoms with Crippen LogP contribution in [0.4, 0.5) is 0 Å². The Bertz CT molecular complexity index is 674. The number of carbonyl (C=O) groups excluding carboxylic acids is 1. The van der Waals surface area contributed by atoms with Crippen molar-refractivity contribution < 1.29 is 4.79 Å². The van der Waals surface area contributed by atoms with Gasteiger partial charge in [-0.1, -0.05) is 11.3 Å². The number of nitrogens with zero attached hydrogens (tertiary/aromatic N) is 2. The van der Waals surface area contributed by atoms with Crippen molar-refractivity contribution in [2.45, 2.75) is 25.4 Å². The molecular formula is C13H18ClN5O2S. The second-order valence-corrected chi connectivity index (χ2v) is 5.88. The molecule has 1 aliphatic rings. The Kier molecular flexibility index (Phi) is 5.76. The van der Waals surface area contributed by atoms with E-state index in [-0.39, 0.29) is 23.2 Å². The highest BCUT2D eigenvalue weighted by Crippen LogP contribution is 2.15. The molecule has 1 fully saturated rings. The molecule has 1 saturated heterocycles. The van der Waals surface area contributed by atoms with Gasteiger partial charge in [0.05, 0.1) is 12.6 Å². The lowest BCUT2D eigenvalue weighted by atomic mass is 10.1. The highest BCUT2D eigenvalue weighted by atomic mass is 35.5. The zero-order valence-electron chi connectivity index (χ0n) is 11.9. The molecular weight excluding hydrogens is 326 g/mol. The fraction of sp³-hybridized carbons (Fsp3) is 0.462. The number of hydrogen-bond acceptors (Lipinski definition) is 5. The minimum atomic E-state index is -0.232. The molecule has 0 radical (unpaired) electrons. The lowest BCUT2D eigenvalue weighted by molar-refractivity contribution is 0.0944. The summed E-state index contributed by atoms with van der Waals surface area (Å²) in [5, 5.41) is 12.1. The maximum absolute atomic E-state index is 12.0. The number of halogens is 1. The summed E-state index contributed by atoms with van der Waals surface area (Å²) in [5.74, 6) is -0.232. The van der Waals surface area contributed by atoms with Crippen LogP contribution < -0.4 is 15.5 Å². The van der Waals surface area contributed by atoms with Crippen molar-refractivity contribution >= 4 is 29.7 Å². The first-order valence-corrected chi connectivity index (χ1v) is 7.81. The van der Waals surface area contributed by atoms with E-state index < -0.39 is 0 Å². The largest absolute Gasteiger partial charge is 0.345 e. The molecule has 0 bridgehead atoms. The molecule has 7 nitrogen and oxygen atoms in total. The number of aromatic amines is 1. The van der Waals surface area contributed by atoms with Crippen molar-refractivity contribution in [2.75, 3.05) is 13.1 Å². The Hall–Kier alpha value is -1.64. The smallest absolute Gasteiger partial charge is 0.304 e. The first-order valence-electron chi connectivity index (χ1n) is 6.93. The second kappa shape index (κ2) is 7.57. The SMILES string of the molecule is Cl.O=C(NCc1csc(=O)[nH]1)c1ccn(C2CCCNC2)n1. The van der Waals surface area contributed by atoms with Crippen LogP contribution in [0.1, 0.15) is 35.1 Å². The second-order valence-electron chi connectivity index (χ2n) is 5.04. The van der Waals surface area contributed by atoms with E-state index in [2.05, 4.69) is 20.7 Å². The summed E-state index contributed by atoms with van der Waals surface area (Å²) in [4.78, 5) is 25.6. The zero-order chi connectivity index (χ0) is 14.7. The van der Waals surface area contributed by atoms with Gasteiger partial charge < -0.3 is 15.6 Å². The molecule has 0 saturated carbocycles. The van der Waals surface area contributed by atoms with Gasteiger partial charge in [-0.3, -0.25) is 14.3 Å². The number of hydrogen-bond donors (Lipinski definition) is 3. The first kappa shape index (κ1) is 16.7. The summed E-state index contributed by atoms with van der Waals surface area (Å²) in [5.41, 5.74) is 1.10. The lowest BCUT2D eigenvalue weighted by Crippen LogP contribution is -2.32. The normalized spacial score (nSPS) is 17.7. The van der Waals surface area contributed by atoms with Crippen LogP contribution in [-0.4, -0.2) is 33.8 Å². The van der Waals surface area contributed by atoms with Crippen LogP contribution >= 0.6 is 23.7 Å². The van der Waals surface area contributed by atoms with Gasteiger partial charge in [0, 0.05) is 23.8 Å². The highest BCUT2D eigenvalue weighted by molar-refractivity contribution is 7.07. The van der Waals surface area contributed by atoms with Crippen molar-refractivity contribution in [3.63, 3.8) is 0 Å². The van der Waals surface area contributed by atoms with Crippen LogP contribution in [0.25, 0.3) is 0 Å². The van der Waals surface area contributed by atoms with Crippen LogP contribution in [0.15, 0.2) is 22.4 Å². The van der Waals surface area contributed by atoms with Gasteiger partial charge in [-0.2, -0.15) is 5.10 Å². The Morgan fingerprint density at radius 1 is 1.55 bits per heavy atom. The molecule has 0 aromatic carbocycles. The van der Waals surface area contributed by atoms with Gasteiger partial charge in [0.25, 0.3) is 5.91 Å². The quantitative estimate of drug-likeness (QED) is 0.769. The van der Waals surface area contributed by atoms with E-state index in [1.54, 1.807) is 11.4 Å². The Labute approximate surface area is 137 Å². The van der Waals surface area contributed by atoms with Crippen molar-refractivity contribution in [1.82, 2.24) is 25.4 Å². The van der Waals surface area contributed by atoms with Crippen molar-refractivity contribution in [1.29, 1.82) is 0 Å². The molecule has 3 rings (SSSR count). The van der Waals surface area contributed by atoms with Gasteiger partial charge in [0.1, 0.15) is 5.69 Å². The van der Waals surface area contributed by atoms with Gasteiger partial charge in [0.2, 0.25) is 0 Å². The summed E-state index contributed by atoms with van der Waals surface area (Å²) < 4.78 is 1.85. The van der Waals surface area contributed by atoms with Crippen molar-refractivity contribution in [2.24, 2.45) is 0 Å². The Morgan fingerprint density at radius 2 is 2.41 bits per heavy atom. The first-order chi connectivity index (χ1) is 10.2. The van der Waals surface area contributed by atoms with Crippen LogP contribution in [0.3, 0.4) is 0 Å². The van der Waals surface area contributed by atoms with Crippen LogP contribution in [0.2, 0.25) is 0 Å². The summed E-state index contributed by atoms with van der Waals surface area (Å²) in [6.07, 6.45) is 4.04. The number of rotatable bonds is 4. The molecule has 9 heteroatoms. The van der Waals surface area contributed by atoms with Crippen LogP contribution in [-0.2, 0) is 6.54 Å². The van der Waals surface area contributed by atoms with Crippen molar-refractivity contribution in [3.8, 4) is 0 Å². The molecule has 0 aliphatic carbocycles.